The van der Waals surface area contributed by atoms with E-state index in [0.717, 1.165) is 13.0 Å². The molecule has 1 aliphatic heterocycles. The Morgan fingerprint density at radius 3 is 2.17 bits per heavy atom. The molecular formula is C23H40N8O5. The number of aliphatic carboxylic acids is 1. The lowest BCUT2D eigenvalue weighted by atomic mass is 10.0. The zero-order valence-corrected chi connectivity index (χ0v) is 20.6. The van der Waals surface area contributed by atoms with Crippen molar-refractivity contribution in [1.29, 1.82) is 0 Å². The Balaban J connectivity index is 2.11. The fraction of sp³-hybridized carbons (Fsp3) is 0.696. The van der Waals surface area contributed by atoms with E-state index in [1.165, 1.54) is 6.33 Å². The molecule has 10 N–H and O–H groups in total. The second-order valence-corrected chi connectivity index (χ2v) is 9.02. The van der Waals surface area contributed by atoms with Crippen LogP contribution in [0.2, 0.25) is 0 Å². The summed E-state index contributed by atoms with van der Waals surface area (Å²) in [6, 6.07) is -3.40. The van der Waals surface area contributed by atoms with Crippen LogP contribution < -0.4 is 32.7 Å². The molecule has 1 fully saturated rings. The van der Waals surface area contributed by atoms with Gasteiger partial charge in [0, 0.05) is 18.3 Å². The topological polar surface area (TPSA) is 217 Å². The first-order valence-electron chi connectivity index (χ1n) is 12.6. The minimum Gasteiger partial charge on any atom is -0.480 e. The highest BCUT2D eigenvalue weighted by Crippen LogP contribution is 2.09. The molecule has 0 aliphatic carbocycles. The largest absolute Gasteiger partial charge is 0.480 e. The van der Waals surface area contributed by atoms with E-state index in [0.29, 0.717) is 50.9 Å². The fourth-order valence-corrected chi connectivity index (χ4v) is 4.06. The molecule has 0 radical (unpaired) electrons. The predicted molar refractivity (Wildman–Crippen MR) is 133 cm³/mol. The van der Waals surface area contributed by atoms with Crippen LogP contribution in [-0.4, -0.2) is 82.6 Å². The van der Waals surface area contributed by atoms with Gasteiger partial charge in [-0.3, -0.25) is 14.4 Å². The van der Waals surface area contributed by atoms with Crippen molar-refractivity contribution < 1.29 is 24.3 Å². The molecule has 0 bridgehead atoms. The maximum absolute atomic E-state index is 13.3. The van der Waals surface area contributed by atoms with Gasteiger partial charge in [0.05, 0.1) is 12.4 Å². The maximum Gasteiger partial charge on any atom is 0.326 e. The van der Waals surface area contributed by atoms with E-state index in [4.69, 9.17) is 11.5 Å². The summed E-state index contributed by atoms with van der Waals surface area (Å²) in [4.78, 5) is 57.6. The lowest BCUT2D eigenvalue weighted by Crippen LogP contribution is -2.57. The van der Waals surface area contributed by atoms with Crippen LogP contribution in [-0.2, 0) is 25.6 Å². The third-order valence-electron chi connectivity index (χ3n) is 6.13. The van der Waals surface area contributed by atoms with Gasteiger partial charge in [0.15, 0.2) is 0 Å². The molecule has 1 aromatic heterocycles. The first-order valence-corrected chi connectivity index (χ1v) is 12.6. The van der Waals surface area contributed by atoms with Gasteiger partial charge in [0.1, 0.15) is 18.1 Å². The lowest BCUT2D eigenvalue weighted by Gasteiger charge is -2.25. The summed E-state index contributed by atoms with van der Waals surface area (Å²) >= 11 is 0. The van der Waals surface area contributed by atoms with Crippen molar-refractivity contribution in [3.05, 3.63) is 18.2 Å². The number of aromatic nitrogens is 2. The summed E-state index contributed by atoms with van der Waals surface area (Å²) < 4.78 is 0. The number of nitrogens with zero attached hydrogens (tertiary/aromatic N) is 1. The number of imidazole rings is 1. The van der Waals surface area contributed by atoms with Crippen LogP contribution in [0.3, 0.4) is 0 Å². The second kappa shape index (κ2) is 15.9. The number of H-pyrrole nitrogens is 1. The average molecular weight is 509 g/mol. The van der Waals surface area contributed by atoms with Crippen LogP contribution in [0.4, 0.5) is 0 Å². The van der Waals surface area contributed by atoms with E-state index in [1.54, 1.807) is 6.20 Å². The molecule has 1 saturated heterocycles. The standard InChI is InChI=1S/C23H40N8O5/c24-9-3-1-6-17(21(33)30-18(23(35)36)7-2-4-10-25)29-22(34)19(12-15-13-26-14-28-15)31-20(32)16-8-5-11-27-16/h13-14,16-19,27H,1-12,24-25H2,(H,26,28)(H,29,34)(H,30,33)(H,31,32)(H,35,36). The van der Waals surface area contributed by atoms with Crippen LogP contribution in [0.1, 0.15) is 57.1 Å². The Morgan fingerprint density at radius 2 is 1.61 bits per heavy atom. The number of carbonyl (C=O) groups excluding carboxylic acids is 3. The first-order chi connectivity index (χ1) is 17.3. The van der Waals surface area contributed by atoms with Crippen LogP contribution in [0, 0.1) is 0 Å². The van der Waals surface area contributed by atoms with Crippen molar-refractivity contribution in [2.24, 2.45) is 11.5 Å². The zero-order valence-electron chi connectivity index (χ0n) is 20.6. The number of nitrogens with two attached hydrogens (primary N) is 2. The highest BCUT2D eigenvalue weighted by Gasteiger charge is 2.31. The Labute approximate surface area is 210 Å². The third kappa shape index (κ3) is 9.91. The number of hydrogen-bond acceptors (Lipinski definition) is 8. The molecule has 2 heterocycles. The molecule has 3 amide bonds. The first kappa shape index (κ1) is 29.2. The van der Waals surface area contributed by atoms with Crippen LogP contribution in [0.25, 0.3) is 0 Å². The summed E-state index contributed by atoms with van der Waals surface area (Å²) in [7, 11) is 0. The molecule has 4 unspecified atom stereocenters. The lowest BCUT2D eigenvalue weighted by molar-refractivity contribution is -0.142. The summed E-state index contributed by atoms with van der Waals surface area (Å²) in [5, 5.41) is 20.7. The molecule has 1 aliphatic rings. The molecule has 4 atom stereocenters. The molecular weight excluding hydrogens is 468 g/mol. The molecule has 0 aromatic carbocycles. The molecule has 0 spiro atoms. The van der Waals surface area contributed by atoms with Gasteiger partial charge in [-0.1, -0.05) is 0 Å². The van der Waals surface area contributed by atoms with Crippen LogP contribution in [0.15, 0.2) is 12.5 Å². The zero-order chi connectivity index (χ0) is 26.3. The summed E-state index contributed by atoms with van der Waals surface area (Å²) in [5.41, 5.74) is 11.7. The van der Waals surface area contributed by atoms with Gasteiger partial charge in [0.2, 0.25) is 17.7 Å². The van der Waals surface area contributed by atoms with Crippen molar-refractivity contribution in [3.63, 3.8) is 0 Å². The maximum atomic E-state index is 13.3. The number of hydrogen-bond donors (Lipinski definition) is 8. The van der Waals surface area contributed by atoms with Gasteiger partial charge in [-0.15, -0.1) is 0 Å². The number of carbonyl (C=O) groups is 4. The summed E-state index contributed by atoms with van der Waals surface area (Å²) in [6.07, 6.45) is 7.63. The second-order valence-electron chi connectivity index (χ2n) is 9.02. The number of aromatic amines is 1. The number of carboxylic acids is 1. The van der Waals surface area contributed by atoms with E-state index < -0.39 is 35.9 Å². The summed E-state index contributed by atoms with van der Waals surface area (Å²) in [6.45, 7) is 1.58. The van der Waals surface area contributed by atoms with Gasteiger partial charge in [0.25, 0.3) is 0 Å². The van der Waals surface area contributed by atoms with Crippen molar-refractivity contribution in [3.8, 4) is 0 Å². The normalized spacial score (nSPS) is 17.7. The minimum absolute atomic E-state index is 0.151. The molecule has 1 aromatic rings. The van der Waals surface area contributed by atoms with Gasteiger partial charge in [-0.2, -0.15) is 0 Å². The highest BCUT2D eigenvalue weighted by molar-refractivity contribution is 5.94. The van der Waals surface area contributed by atoms with Gasteiger partial charge in [-0.05, 0) is 71.0 Å². The van der Waals surface area contributed by atoms with E-state index >= 15 is 0 Å². The number of carboxylic acid groups (broad SMARTS) is 1. The Morgan fingerprint density at radius 1 is 0.972 bits per heavy atom. The Bertz CT molecular complexity index is 828. The van der Waals surface area contributed by atoms with E-state index in [1.807, 2.05) is 0 Å². The Kier molecular flexibility index (Phi) is 12.9. The SMILES string of the molecule is NCCCCC(NC(=O)C(CCCCN)NC(=O)C(Cc1cnc[nH]1)NC(=O)C1CCCN1)C(=O)O. The average Bonchev–Trinajstić information content (AvgIpc) is 3.57. The van der Waals surface area contributed by atoms with Gasteiger partial charge in [-0.25, -0.2) is 9.78 Å². The monoisotopic (exact) mass is 508 g/mol. The Hall–Kier alpha value is -3.03. The summed E-state index contributed by atoms with van der Waals surface area (Å²) in [5.74, 6) is -2.58. The van der Waals surface area contributed by atoms with Crippen molar-refractivity contribution >= 4 is 23.7 Å². The minimum atomic E-state index is -1.15. The molecule has 13 nitrogen and oxygen atoms in total. The molecule has 13 heteroatoms. The predicted octanol–water partition coefficient (Wildman–Crippen LogP) is -1.50. The number of rotatable bonds is 17. The molecule has 2 rings (SSSR count). The quantitative estimate of drug-likeness (QED) is 0.115. The molecule has 0 saturated carbocycles. The van der Waals surface area contributed by atoms with E-state index in [-0.39, 0.29) is 31.2 Å². The number of unbranched alkanes of at least 4 members (excludes halogenated alkanes) is 2. The fourth-order valence-electron chi connectivity index (χ4n) is 4.06. The number of amides is 3. The van der Waals surface area contributed by atoms with Crippen molar-refractivity contribution in [2.75, 3.05) is 19.6 Å². The van der Waals surface area contributed by atoms with Crippen LogP contribution >= 0.6 is 0 Å². The molecule has 202 valence electrons. The van der Waals surface area contributed by atoms with E-state index in [9.17, 15) is 24.3 Å². The third-order valence-corrected chi connectivity index (χ3v) is 6.13. The van der Waals surface area contributed by atoms with Crippen molar-refractivity contribution in [1.82, 2.24) is 31.2 Å². The molecule has 36 heavy (non-hydrogen) atoms. The van der Waals surface area contributed by atoms with Gasteiger partial charge >= 0.3 is 5.97 Å². The van der Waals surface area contributed by atoms with Crippen LogP contribution in [0.5, 0.6) is 0 Å². The van der Waals surface area contributed by atoms with Crippen molar-refractivity contribution in [2.45, 2.75) is 82.0 Å². The smallest absolute Gasteiger partial charge is 0.326 e. The highest BCUT2D eigenvalue weighted by atomic mass is 16.4. The van der Waals surface area contributed by atoms with E-state index in [2.05, 4.69) is 31.2 Å². The van der Waals surface area contributed by atoms with Gasteiger partial charge < -0.3 is 42.8 Å². The number of nitrogens with one attached hydrogen (secondary N) is 5.